The molecule has 0 unspecified atom stereocenters. The van der Waals surface area contributed by atoms with Crippen LogP contribution in [-0.4, -0.2) is 16.4 Å². The van der Waals surface area contributed by atoms with Crippen LogP contribution < -0.4 is 5.32 Å². The van der Waals surface area contributed by atoms with Gasteiger partial charge < -0.3 is 4.42 Å². The van der Waals surface area contributed by atoms with Crippen molar-refractivity contribution in [2.45, 2.75) is 0 Å². The molecule has 0 atom stereocenters. The van der Waals surface area contributed by atoms with Crippen LogP contribution in [0, 0.1) is 11.5 Å². The summed E-state index contributed by atoms with van der Waals surface area (Å²) < 4.78 is 5.73. The first-order valence-corrected chi connectivity index (χ1v) is 7.76. The SMILES string of the molecule is CSC(=Nc1ccc(-c2nc3ccccc3o2)cc1)NC#N. The number of nitriles is 1. The lowest BCUT2D eigenvalue weighted by atomic mass is 10.2. The van der Waals surface area contributed by atoms with Crippen molar-refractivity contribution in [3.63, 3.8) is 0 Å². The zero-order valence-corrected chi connectivity index (χ0v) is 12.6. The molecule has 3 rings (SSSR count). The smallest absolute Gasteiger partial charge is 0.227 e. The van der Waals surface area contributed by atoms with Crippen molar-refractivity contribution in [2.24, 2.45) is 4.99 Å². The van der Waals surface area contributed by atoms with E-state index in [0.717, 1.165) is 22.4 Å². The van der Waals surface area contributed by atoms with Crippen molar-refractivity contribution >= 4 is 33.7 Å². The zero-order valence-electron chi connectivity index (χ0n) is 11.8. The van der Waals surface area contributed by atoms with Crippen molar-refractivity contribution in [1.29, 1.82) is 5.26 Å². The van der Waals surface area contributed by atoms with Gasteiger partial charge in [-0.25, -0.2) is 9.98 Å². The molecule has 5 nitrogen and oxygen atoms in total. The highest BCUT2D eigenvalue weighted by molar-refractivity contribution is 8.13. The van der Waals surface area contributed by atoms with Gasteiger partial charge in [0.05, 0.1) is 5.69 Å². The summed E-state index contributed by atoms with van der Waals surface area (Å²) in [5, 5.41) is 11.7. The second-order valence-electron chi connectivity index (χ2n) is 4.39. The minimum absolute atomic E-state index is 0.553. The molecule has 0 amide bonds. The molecule has 0 aliphatic carbocycles. The van der Waals surface area contributed by atoms with Crippen LogP contribution in [0.1, 0.15) is 0 Å². The zero-order chi connectivity index (χ0) is 15.4. The summed E-state index contributed by atoms with van der Waals surface area (Å²) in [6.45, 7) is 0. The van der Waals surface area contributed by atoms with E-state index in [1.54, 1.807) is 0 Å². The number of rotatable bonds is 2. The molecule has 108 valence electrons. The molecule has 1 N–H and O–H groups in total. The first-order chi connectivity index (χ1) is 10.8. The molecule has 0 fully saturated rings. The second kappa shape index (κ2) is 6.33. The van der Waals surface area contributed by atoms with Gasteiger partial charge in [-0.3, -0.25) is 5.32 Å². The minimum Gasteiger partial charge on any atom is -0.436 e. The third-order valence-corrected chi connectivity index (χ3v) is 3.58. The second-order valence-corrected chi connectivity index (χ2v) is 5.19. The molecular weight excluding hydrogens is 296 g/mol. The summed E-state index contributed by atoms with van der Waals surface area (Å²) in [5.41, 5.74) is 3.24. The molecule has 0 spiro atoms. The lowest BCUT2D eigenvalue weighted by molar-refractivity contribution is 0.620. The van der Waals surface area contributed by atoms with Gasteiger partial charge in [0.1, 0.15) is 5.52 Å². The summed E-state index contributed by atoms with van der Waals surface area (Å²) in [7, 11) is 0. The lowest BCUT2D eigenvalue weighted by Crippen LogP contribution is -2.12. The number of aliphatic imine (C=N–C) groups is 1. The van der Waals surface area contributed by atoms with Crippen molar-refractivity contribution in [3.8, 4) is 17.6 Å². The van der Waals surface area contributed by atoms with Crippen LogP contribution in [0.15, 0.2) is 57.9 Å². The monoisotopic (exact) mass is 308 g/mol. The molecule has 6 heteroatoms. The van der Waals surface area contributed by atoms with E-state index in [-0.39, 0.29) is 0 Å². The van der Waals surface area contributed by atoms with E-state index < -0.39 is 0 Å². The standard InChI is InChI=1S/C16H12N4OS/c1-22-16(18-10-17)19-12-8-6-11(7-9-12)15-20-13-4-2-3-5-14(13)21-15/h2-9H,1H3,(H,18,19). The molecular formula is C16H12N4OS. The Balaban J connectivity index is 1.89. The normalized spacial score (nSPS) is 11.4. The van der Waals surface area contributed by atoms with Gasteiger partial charge in [0.15, 0.2) is 16.9 Å². The fourth-order valence-electron chi connectivity index (χ4n) is 1.96. The van der Waals surface area contributed by atoms with E-state index in [2.05, 4.69) is 15.3 Å². The molecule has 3 aromatic rings. The van der Waals surface area contributed by atoms with Crippen molar-refractivity contribution in [3.05, 3.63) is 48.5 Å². The predicted octanol–water partition coefficient (Wildman–Crippen LogP) is 3.92. The highest BCUT2D eigenvalue weighted by Crippen LogP contribution is 2.26. The first-order valence-electron chi connectivity index (χ1n) is 6.54. The van der Waals surface area contributed by atoms with Gasteiger partial charge >= 0.3 is 0 Å². The molecule has 0 bridgehead atoms. The summed E-state index contributed by atoms with van der Waals surface area (Å²) in [6.07, 6.45) is 3.72. The number of benzene rings is 2. The summed E-state index contributed by atoms with van der Waals surface area (Å²) in [4.78, 5) is 8.80. The largest absolute Gasteiger partial charge is 0.436 e. The molecule has 0 saturated carbocycles. The molecule has 1 heterocycles. The molecule has 0 saturated heterocycles. The molecule has 2 aromatic carbocycles. The van der Waals surface area contributed by atoms with E-state index in [9.17, 15) is 0 Å². The van der Waals surface area contributed by atoms with Crippen molar-refractivity contribution < 1.29 is 4.42 Å². The van der Waals surface area contributed by atoms with E-state index >= 15 is 0 Å². The first kappa shape index (κ1) is 14.2. The maximum atomic E-state index is 8.63. The highest BCUT2D eigenvalue weighted by atomic mass is 32.2. The Morgan fingerprint density at radius 2 is 2.00 bits per heavy atom. The Hall–Kier alpha value is -2.78. The number of amidine groups is 1. The number of nitrogens with zero attached hydrogens (tertiary/aromatic N) is 3. The number of para-hydroxylation sites is 2. The Labute approximate surface area is 131 Å². The third-order valence-electron chi connectivity index (χ3n) is 2.99. The number of oxazole rings is 1. The van der Waals surface area contributed by atoms with Crippen LogP contribution in [-0.2, 0) is 0 Å². The topological polar surface area (TPSA) is 74.2 Å². The van der Waals surface area contributed by atoms with Crippen LogP contribution in [0.25, 0.3) is 22.6 Å². The quantitative estimate of drug-likeness (QED) is 0.336. The Morgan fingerprint density at radius 1 is 1.23 bits per heavy atom. The molecule has 22 heavy (non-hydrogen) atoms. The van der Waals surface area contributed by atoms with Crippen LogP contribution in [0.4, 0.5) is 5.69 Å². The van der Waals surface area contributed by atoms with Gasteiger partial charge in [0.25, 0.3) is 0 Å². The summed E-state index contributed by atoms with van der Waals surface area (Å²) >= 11 is 1.38. The average molecular weight is 308 g/mol. The van der Waals surface area contributed by atoms with Crippen molar-refractivity contribution in [2.75, 3.05) is 6.26 Å². The maximum Gasteiger partial charge on any atom is 0.227 e. The minimum atomic E-state index is 0.553. The number of aromatic nitrogens is 1. The maximum absolute atomic E-state index is 8.63. The van der Waals surface area contributed by atoms with Gasteiger partial charge in [-0.05, 0) is 42.7 Å². The number of hydrogen-bond donors (Lipinski definition) is 1. The van der Waals surface area contributed by atoms with Crippen molar-refractivity contribution in [1.82, 2.24) is 10.3 Å². The Morgan fingerprint density at radius 3 is 2.68 bits per heavy atom. The molecule has 0 aliphatic rings. The van der Waals surface area contributed by atoms with E-state index in [0.29, 0.717) is 11.1 Å². The van der Waals surface area contributed by atoms with Gasteiger partial charge in [-0.15, -0.1) is 0 Å². The number of hydrogen-bond acceptors (Lipinski definition) is 5. The van der Waals surface area contributed by atoms with Crippen LogP contribution in [0.2, 0.25) is 0 Å². The van der Waals surface area contributed by atoms with Gasteiger partial charge in [-0.2, -0.15) is 5.26 Å². The fourth-order valence-corrected chi connectivity index (χ4v) is 2.31. The lowest BCUT2D eigenvalue weighted by Gasteiger charge is -2.00. The number of nitrogens with one attached hydrogen (secondary N) is 1. The van der Waals surface area contributed by atoms with Gasteiger partial charge in [-0.1, -0.05) is 23.9 Å². The number of thioether (sulfide) groups is 1. The van der Waals surface area contributed by atoms with Crippen LogP contribution >= 0.6 is 11.8 Å². The van der Waals surface area contributed by atoms with Crippen LogP contribution in [0.3, 0.4) is 0 Å². The highest BCUT2D eigenvalue weighted by Gasteiger charge is 2.07. The summed E-state index contributed by atoms with van der Waals surface area (Å²) in [6, 6.07) is 15.2. The average Bonchev–Trinajstić information content (AvgIpc) is 2.99. The van der Waals surface area contributed by atoms with Gasteiger partial charge in [0.2, 0.25) is 5.89 Å². The van der Waals surface area contributed by atoms with E-state index in [4.69, 9.17) is 9.68 Å². The Bertz CT molecular complexity index is 829. The third kappa shape index (κ3) is 2.95. The van der Waals surface area contributed by atoms with E-state index in [1.807, 2.05) is 61.0 Å². The molecule has 0 radical (unpaired) electrons. The fraction of sp³-hybridized carbons (Fsp3) is 0.0625. The summed E-state index contributed by atoms with van der Waals surface area (Å²) in [5.74, 6) is 0.581. The Kier molecular flexibility index (Phi) is 4.08. The van der Waals surface area contributed by atoms with Gasteiger partial charge in [0, 0.05) is 5.56 Å². The van der Waals surface area contributed by atoms with Crippen LogP contribution in [0.5, 0.6) is 0 Å². The predicted molar refractivity (Wildman–Crippen MR) is 88.8 cm³/mol. The van der Waals surface area contributed by atoms with E-state index in [1.165, 1.54) is 11.8 Å². The molecule has 0 aliphatic heterocycles. The molecule has 1 aromatic heterocycles. The number of fused-ring (bicyclic) bond motifs is 1.